The van der Waals surface area contributed by atoms with Crippen LogP contribution in [0.4, 0.5) is 15.8 Å². The number of amides is 1. The van der Waals surface area contributed by atoms with Crippen molar-refractivity contribution in [2.24, 2.45) is 5.92 Å². The van der Waals surface area contributed by atoms with Crippen LogP contribution in [0.25, 0.3) is 6.08 Å². The minimum Gasteiger partial charge on any atom is -0.352 e. The van der Waals surface area contributed by atoms with Gasteiger partial charge in [-0.05, 0) is 53.8 Å². The van der Waals surface area contributed by atoms with Crippen LogP contribution in [-0.4, -0.2) is 29.6 Å². The summed E-state index contributed by atoms with van der Waals surface area (Å²) in [5, 5.41) is 3.03. The van der Waals surface area contributed by atoms with Crippen LogP contribution in [0.1, 0.15) is 63.6 Å². The van der Waals surface area contributed by atoms with Crippen LogP contribution in [-0.2, 0) is 16.6 Å². The number of Topliss-reactive ketones (excluding diaryl/α,β-unsaturated/α-hetero) is 2. The molecule has 3 aliphatic heterocycles. The lowest BCUT2D eigenvalue weighted by Gasteiger charge is -2.37. The van der Waals surface area contributed by atoms with E-state index in [1.54, 1.807) is 6.07 Å². The molecule has 1 fully saturated rings. The molecule has 5 nitrogen and oxygen atoms in total. The van der Waals surface area contributed by atoms with Gasteiger partial charge in [0, 0.05) is 16.9 Å². The number of anilines is 2. The number of hydrogen-bond donors (Lipinski definition) is 1. The van der Waals surface area contributed by atoms with E-state index in [0.717, 1.165) is 42.5 Å². The van der Waals surface area contributed by atoms with Gasteiger partial charge in [-0.2, -0.15) is 0 Å². The quantitative estimate of drug-likeness (QED) is 0.173. The molecule has 3 aliphatic rings. The van der Waals surface area contributed by atoms with Crippen molar-refractivity contribution in [1.82, 2.24) is 0 Å². The van der Waals surface area contributed by atoms with E-state index >= 15 is 4.39 Å². The average molecular weight is 585 g/mol. The van der Waals surface area contributed by atoms with Gasteiger partial charge in [0.25, 0.3) is 0 Å². The van der Waals surface area contributed by atoms with Crippen molar-refractivity contribution < 1.29 is 18.8 Å². The first-order valence-electron chi connectivity index (χ1n) is 15.3. The summed E-state index contributed by atoms with van der Waals surface area (Å²) in [5.74, 6) is -2.97. The summed E-state index contributed by atoms with van der Waals surface area (Å²) in [6.45, 7) is 2.16. The summed E-state index contributed by atoms with van der Waals surface area (Å²) in [4.78, 5) is 45.9. The second-order valence-corrected chi connectivity index (χ2v) is 11.9. The first-order valence-corrected chi connectivity index (χ1v) is 15.3. The van der Waals surface area contributed by atoms with Crippen molar-refractivity contribution in [1.29, 1.82) is 0 Å². The van der Waals surface area contributed by atoms with Gasteiger partial charge in [0.05, 0.1) is 17.5 Å². The zero-order valence-corrected chi connectivity index (χ0v) is 24.5. The molecule has 0 aliphatic carbocycles. The Morgan fingerprint density at radius 3 is 2.39 bits per heavy atom. The predicted molar refractivity (Wildman–Crippen MR) is 171 cm³/mol. The third-order valence-electron chi connectivity index (χ3n) is 9.54. The Hall–Kier alpha value is -4.84. The van der Waals surface area contributed by atoms with Gasteiger partial charge in [0.1, 0.15) is 17.3 Å². The Bertz CT molecular complexity index is 1810. The summed E-state index contributed by atoms with van der Waals surface area (Å²) in [6.07, 6.45) is 8.11. The second-order valence-electron chi connectivity index (χ2n) is 11.9. The number of halogens is 1. The maximum absolute atomic E-state index is 15.3. The molecule has 0 unspecified atom stereocenters. The van der Waals surface area contributed by atoms with Crippen LogP contribution in [0.15, 0.2) is 103 Å². The topological polar surface area (TPSA) is 66.5 Å². The smallest absolute Gasteiger partial charge is 0.238 e. The highest BCUT2D eigenvalue weighted by Crippen LogP contribution is 2.58. The van der Waals surface area contributed by atoms with Gasteiger partial charge in [-0.3, -0.25) is 14.4 Å². The van der Waals surface area contributed by atoms with E-state index in [1.165, 1.54) is 18.2 Å². The van der Waals surface area contributed by atoms with E-state index in [9.17, 15) is 14.4 Å². The molecule has 0 bridgehead atoms. The SMILES string of the molecule is CCCCCc1ccc(C(=O)[C@@H]2[C@H](C(=O)c3ccccc3F)N3c4ccccc4C=C[C@@H]3[C@@]23C(=O)Nc2ccccc23)cc1. The summed E-state index contributed by atoms with van der Waals surface area (Å²) >= 11 is 0. The lowest BCUT2D eigenvalue weighted by atomic mass is 9.64. The molecule has 0 aromatic heterocycles. The Morgan fingerprint density at radius 1 is 0.864 bits per heavy atom. The molecule has 0 radical (unpaired) electrons. The van der Waals surface area contributed by atoms with E-state index in [4.69, 9.17) is 0 Å². The summed E-state index contributed by atoms with van der Waals surface area (Å²) < 4.78 is 15.3. The van der Waals surface area contributed by atoms with Crippen molar-refractivity contribution >= 4 is 34.9 Å². The predicted octanol–water partition coefficient (Wildman–Crippen LogP) is 7.41. The third-order valence-corrected chi connectivity index (χ3v) is 9.54. The average Bonchev–Trinajstić information content (AvgIpc) is 3.53. The van der Waals surface area contributed by atoms with E-state index in [2.05, 4.69) is 12.2 Å². The van der Waals surface area contributed by atoms with E-state index in [1.807, 2.05) is 89.8 Å². The first-order chi connectivity index (χ1) is 21.5. The first kappa shape index (κ1) is 28.0. The number of para-hydroxylation sites is 2. The van der Waals surface area contributed by atoms with Gasteiger partial charge in [0.2, 0.25) is 5.91 Å². The summed E-state index contributed by atoms with van der Waals surface area (Å²) in [7, 11) is 0. The Morgan fingerprint density at radius 2 is 1.59 bits per heavy atom. The van der Waals surface area contributed by atoms with Crippen molar-refractivity contribution in [3.63, 3.8) is 0 Å². The Kier molecular flexibility index (Phi) is 7.00. The fraction of sp³-hybridized carbons (Fsp3) is 0.237. The van der Waals surface area contributed by atoms with Gasteiger partial charge in [-0.25, -0.2) is 4.39 Å². The number of aryl methyl sites for hydroxylation is 1. The lowest BCUT2D eigenvalue weighted by Crippen LogP contribution is -2.51. The Balaban J connectivity index is 1.45. The summed E-state index contributed by atoms with van der Waals surface area (Å²) in [6, 6.07) is 26.6. The number of benzene rings is 4. The molecule has 7 rings (SSSR count). The lowest BCUT2D eigenvalue weighted by molar-refractivity contribution is -0.121. The van der Waals surface area contributed by atoms with Crippen molar-refractivity contribution in [3.8, 4) is 0 Å². The number of carbonyl (C=O) groups is 3. The maximum Gasteiger partial charge on any atom is 0.238 e. The van der Waals surface area contributed by atoms with Gasteiger partial charge in [-0.15, -0.1) is 0 Å². The van der Waals surface area contributed by atoms with Crippen molar-refractivity contribution in [2.75, 3.05) is 10.2 Å². The Labute approximate surface area is 256 Å². The number of fused-ring (bicyclic) bond motifs is 6. The van der Waals surface area contributed by atoms with Crippen LogP contribution in [0.2, 0.25) is 0 Å². The van der Waals surface area contributed by atoms with Gasteiger partial charge < -0.3 is 10.2 Å². The number of rotatable bonds is 8. The molecule has 0 saturated carbocycles. The molecule has 6 heteroatoms. The van der Waals surface area contributed by atoms with Crippen LogP contribution in [0.3, 0.4) is 0 Å². The highest BCUT2D eigenvalue weighted by molar-refractivity contribution is 6.18. The number of nitrogens with zero attached hydrogens (tertiary/aromatic N) is 1. The monoisotopic (exact) mass is 584 g/mol. The standard InChI is InChI=1S/C38H33FN2O3/c1-2-3-4-11-24-18-20-26(21-19-24)35(42)33-34(36(43)27-13-6-8-15-29(27)39)41-31-17-10-5-12-25(31)22-23-32(41)38(33)28-14-7-9-16-30(28)40-37(38)44/h5-10,12-23,32-34H,2-4,11H2,1H3,(H,40,44)/t32-,33+,34-,38-/m1/s1. The number of hydrogen-bond acceptors (Lipinski definition) is 4. The normalized spacial score (nSPS) is 22.8. The maximum atomic E-state index is 15.3. The molecule has 3 heterocycles. The number of unbranched alkanes of at least 4 members (excludes halogenated alkanes) is 2. The molecule has 4 aromatic carbocycles. The molecule has 44 heavy (non-hydrogen) atoms. The van der Waals surface area contributed by atoms with Gasteiger partial charge >= 0.3 is 0 Å². The fourth-order valence-electron chi connectivity index (χ4n) is 7.53. The molecule has 1 saturated heterocycles. The minimum absolute atomic E-state index is 0.101. The van der Waals surface area contributed by atoms with Crippen molar-refractivity contribution in [3.05, 3.63) is 137 Å². The minimum atomic E-state index is -1.43. The molecular formula is C38H33FN2O3. The zero-order valence-electron chi connectivity index (χ0n) is 24.5. The second kappa shape index (κ2) is 11.0. The zero-order chi connectivity index (χ0) is 30.4. The van der Waals surface area contributed by atoms with Crippen LogP contribution in [0.5, 0.6) is 0 Å². The molecular weight excluding hydrogens is 551 g/mol. The van der Waals surface area contributed by atoms with Crippen LogP contribution < -0.4 is 10.2 Å². The van der Waals surface area contributed by atoms with E-state index in [0.29, 0.717) is 16.8 Å². The fourth-order valence-corrected chi connectivity index (χ4v) is 7.53. The highest BCUT2D eigenvalue weighted by atomic mass is 19.1. The van der Waals surface area contributed by atoms with Crippen molar-refractivity contribution in [2.45, 2.75) is 50.1 Å². The highest BCUT2D eigenvalue weighted by Gasteiger charge is 2.70. The molecule has 4 aromatic rings. The number of nitrogens with one attached hydrogen (secondary N) is 1. The number of ketones is 2. The molecule has 1 N–H and O–H groups in total. The molecule has 1 amide bonds. The number of carbonyl (C=O) groups excluding carboxylic acids is 3. The third kappa shape index (κ3) is 4.15. The van der Waals surface area contributed by atoms with E-state index < -0.39 is 35.0 Å². The van der Waals surface area contributed by atoms with Gasteiger partial charge in [-0.1, -0.05) is 105 Å². The molecule has 1 spiro atoms. The van der Waals surface area contributed by atoms with E-state index in [-0.39, 0.29) is 17.3 Å². The summed E-state index contributed by atoms with van der Waals surface area (Å²) in [5.41, 5.74) is 2.91. The van der Waals surface area contributed by atoms with Gasteiger partial charge in [0.15, 0.2) is 11.6 Å². The van der Waals surface area contributed by atoms with Crippen LogP contribution in [0, 0.1) is 11.7 Å². The largest absolute Gasteiger partial charge is 0.352 e. The van der Waals surface area contributed by atoms with Crippen LogP contribution >= 0.6 is 0 Å². The molecule has 220 valence electrons. The molecule has 4 atom stereocenters.